The molecule has 0 bridgehead atoms. The van der Waals surface area contributed by atoms with Crippen LogP contribution in [-0.2, 0) is 0 Å². The van der Waals surface area contributed by atoms with E-state index in [2.05, 4.69) is 4.90 Å². The normalized spacial score (nSPS) is 15.7. The Hall–Kier alpha value is -3.06. The van der Waals surface area contributed by atoms with Gasteiger partial charge in [0, 0.05) is 21.7 Å². The summed E-state index contributed by atoms with van der Waals surface area (Å²) >= 11 is 1.52. The lowest BCUT2D eigenvalue weighted by atomic mass is 9.96. The maximum atomic E-state index is 11.5. The Labute approximate surface area is 209 Å². The van der Waals surface area contributed by atoms with Crippen molar-refractivity contribution in [3.63, 3.8) is 0 Å². The molecule has 2 heterocycles. The number of aliphatic hydroxyl groups excluding tert-OH is 1. The second kappa shape index (κ2) is 10.7. The fourth-order valence-electron chi connectivity index (χ4n) is 4.77. The van der Waals surface area contributed by atoms with Crippen molar-refractivity contribution in [3.05, 3.63) is 77.9 Å². The van der Waals surface area contributed by atoms with E-state index in [1.807, 2.05) is 42.5 Å². The van der Waals surface area contributed by atoms with Crippen LogP contribution in [0.1, 0.15) is 42.9 Å². The zero-order valence-electron chi connectivity index (χ0n) is 19.7. The van der Waals surface area contributed by atoms with E-state index >= 15 is 0 Å². The van der Waals surface area contributed by atoms with Crippen LogP contribution in [0.4, 0.5) is 0 Å². The van der Waals surface area contributed by atoms with Crippen LogP contribution in [0, 0.1) is 0 Å². The van der Waals surface area contributed by atoms with Gasteiger partial charge in [0.2, 0.25) is 0 Å². The quantitative estimate of drug-likeness (QED) is 0.283. The van der Waals surface area contributed by atoms with Crippen LogP contribution >= 0.6 is 11.3 Å². The molecule has 6 heteroatoms. The van der Waals surface area contributed by atoms with Gasteiger partial charge in [0.25, 0.3) is 0 Å². The molecule has 0 radical (unpaired) electrons. The summed E-state index contributed by atoms with van der Waals surface area (Å²) in [4.78, 5) is 3.39. The molecule has 0 aliphatic carbocycles. The summed E-state index contributed by atoms with van der Waals surface area (Å²) in [5.74, 6) is 1.19. The average Bonchev–Trinajstić information content (AvgIpc) is 3.04. The molecule has 4 aromatic rings. The van der Waals surface area contributed by atoms with Crippen LogP contribution in [-0.4, -0.2) is 46.5 Å². The molecule has 1 atom stereocenters. The third-order valence-corrected chi connectivity index (χ3v) is 7.90. The van der Waals surface area contributed by atoms with Gasteiger partial charge >= 0.3 is 0 Å². The van der Waals surface area contributed by atoms with Crippen molar-refractivity contribution in [2.24, 2.45) is 0 Å². The number of likely N-dealkylation sites (tertiary alicyclic amines) is 1. The third kappa shape index (κ3) is 5.45. The van der Waals surface area contributed by atoms with E-state index in [1.54, 1.807) is 24.3 Å². The molecule has 1 aliphatic rings. The number of thiophene rings is 1. The Morgan fingerprint density at radius 2 is 1.51 bits per heavy atom. The van der Waals surface area contributed by atoms with Crippen LogP contribution in [0.25, 0.3) is 20.5 Å². The standard InChI is InChI=1S/C29H31NO4S/c31-22-9-5-21(6-10-22)29-27(25-14-11-23(32)19-26(25)35-29)28(33)20-7-12-24(13-8-20)34-18-17-30-15-3-1-2-4-16-30/h5-14,19,28,31-33H,1-4,15-18H2. The zero-order chi connectivity index (χ0) is 24.2. The number of ether oxygens (including phenoxy) is 1. The Balaban J connectivity index is 1.36. The SMILES string of the molecule is Oc1ccc(-c2sc3cc(O)ccc3c2C(O)c2ccc(OCCN3CCCCCC3)cc2)cc1. The number of hydrogen-bond acceptors (Lipinski definition) is 6. The van der Waals surface area contributed by atoms with Gasteiger partial charge in [0.15, 0.2) is 0 Å². The summed E-state index contributed by atoms with van der Waals surface area (Å²) < 4.78 is 6.89. The van der Waals surface area contributed by atoms with Gasteiger partial charge in [-0.25, -0.2) is 0 Å². The van der Waals surface area contributed by atoms with Crippen LogP contribution < -0.4 is 4.74 Å². The van der Waals surface area contributed by atoms with Crippen molar-refractivity contribution in [1.29, 1.82) is 0 Å². The Kier molecular flexibility index (Phi) is 7.23. The first-order valence-corrected chi connectivity index (χ1v) is 13.1. The molecule has 0 amide bonds. The fourth-order valence-corrected chi connectivity index (χ4v) is 6.04. The number of aliphatic hydroxyl groups is 1. The van der Waals surface area contributed by atoms with Gasteiger partial charge in [0.1, 0.15) is 30.0 Å². The highest BCUT2D eigenvalue weighted by molar-refractivity contribution is 7.22. The zero-order valence-corrected chi connectivity index (χ0v) is 20.5. The largest absolute Gasteiger partial charge is 0.508 e. The van der Waals surface area contributed by atoms with Crippen molar-refractivity contribution in [2.45, 2.75) is 31.8 Å². The van der Waals surface area contributed by atoms with Crippen molar-refractivity contribution in [1.82, 2.24) is 4.90 Å². The number of fused-ring (bicyclic) bond motifs is 1. The van der Waals surface area contributed by atoms with Crippen LogP contribution in [0.5, 0.6) is 17.2 Å². The molecular weight excluding hydrogens is 458 g/mol. The number of nitrogens with zero attached hydrogens (tertiary/aromatic N) is 1. The summed E-state index contributed by atoms with van der Waals surface area (Å²) in [6.07, 6.45) is 4.36. The molecule has 5 nitrogen and oxygen atoms in total. The maximum Gasteiger partial charge on any atom is 0.119 e. The smallest absolute Gasteiger partial charge is 0.119 e. The molecule has 3 aromatic carbocycles. The second-order valence-electron chi connectivity index (χ2n) is 9.15. The molecule has 0 saturated carbocycles. The molecule has 1 saturated heterocycles. The first kappa shape index (κ1) is 23.7. The van der Waals surface area contributed by atoms with Crippen molar-refractivity contribution < 1.29 is 20.1 Å². The topological polar surface area (TPSA) is 73.2 Å². The molecule has 1 aliphatic heterocycles. The molecular formula is C29H31NO4S. The third-order valence-electron chi connectivity index (χ3n) is 6.69. The van der Waals surface area contributed by atoms with Crippen molar-refractivity contribution >= 4 is 21.4 Å². The van der Waals surface area contributed by atoms with Gasteiger partial charge in [0.05, 0.1) is 0 Å². The van der Waals surface area contributed by atoms with Crippen LogP contribution in [0.2, 0.25) is 0 Å². The van der Waals surface area contributed by atoms with Gasteiger partial charge in [-0.1, -0.05) is 25.0 Å². The van der Waals surface area contributed by atoms with Gasteiger partial charge in [-0.15, -0.1) is 11.3 Å². The van der Waals surface area contributed by atoms with E-state index in [0.29, 0.717) is 6.61 Å². The van der Waals surface area contributed by atoms with Crippen molar-refractivity contribution in [2.75, 3.05) is 26.2 Å². The highest BCUT2D eigenvalue weighted by atomic mass is 32.1. The van der Waals surface area contributed by atoms with E-state index in [9.17, 15) is 15.3 Å². The van der Waals surface area contributed by atoms with Crippen LogP contribution in [0.15, 0.2) is 66.7 Å². The second-order valence-corrected chi connectivity index (χ2v) is 10.2. The highest BCUT2D eigenvalue weighted by Gasteiger charge is 2.22. The molecule has 3 N–H and O–H groups in total. The number of benzene rings is 3. The van der Waals surface area contributed by atoms with Gasteiger partial charge in [-0.05, 0) is 97.0 Å². The first-order chi connectivity index (χ1) is 17.1. The van der Waals surface area contributed by atoms with E-state index in [-0.39, 0.29) is 11.5 Å². The lowest BCUT2D eigenvalue weighted by molar-refractivity contribution is 0.213. The maximum absolute atomic E-state index is 11.5. The minimum Gasteiger partial charge on any atom is -0.508 e. The van der Waals surface area contributed by atoms with Crippen molar-refractivity contribution in [3.8, 4) is 27.7 Å². The minimum absolute atomic E-state index is 0.193. The predicted molar refractivity (Wildman–Crippen MR) is 141 cm³/mol. The molecule has 35 heavy (non-hydrogen) atoms. The average molecular weight is 490 g/mol. The first-order valence-electron chi connectivity index (χ1n) is 12.3. The number of phenolic OH excluding ortho intramolecular Hbond substituents is 2. The van der Waals surface area contributed by atoms with E-state index in [0.717, 1.165) is 57.0 Å². The molecule has 5 rings (SSSR count). The number of phenols is 2. The molecule has 1 unspecified atom stereocenters. The molecule has 0 spiro atoms. The van der Waals surface area contributed by atoms with Gasteiger partial charge in [-0.3, -0.25) is 4.90 Å². The predicted octanol–water partition coefficient (Wildman–Crippen LogP) is 6.32. The van der Waals surface area contributed by atoms with Crippen LogP contribution in [0.3, 0.4) is 0 Å². The molecule has 1 aromatic heterocycles. The van der Waals surface area contributed by atoms with Gasteiger partial charge < -0.3 is 20.1 Å². The highest BCUT2D eigenvalue weighted by Crippen LogP contribution is 2.45. The van der Waals surface area contributed by atoms with E-state index in [4.69, 9.17) is 4.74 Å². The Bertz CT molecular complexity index is 1260. The fraction of sp³-hybridized carbons (Fsp3) is 0.310. The van der Waals surface area contributed by atoms with E-state index in [1.165, 1.54) is 37.0 Å². The number of rotatable bonds is 7. The lowest BCUT2D eigenvalue weighted by Crippen LogP contribution is -2.29. The molecule has 182 valence electrons. The monoisotopic (exact) mass is 489 g/mol. The summed E-state index contributed by atoms with van der Waals surface area (Å²) in [7, 11) is 0. The minimum atomic E-state index is -0.844. The summed E-state index contributed by atoms with van der Waals surface area (Å²) in [5.41, 5.74) is 2.48. The summed E-state index contributed by atoms with van der Waals surface area (Å²) in [6, 6.07) is 19.9. The lowest BCUT2D eigenvalue weighted by Gasteiger charge is -2.20. The Morgan fingerprint density at radius 3 is 2.23 bits per heavy atom. The molecule has 1 fully saturated rings. The Morgan fingerprint density at radius 1 is 0.829 bits per heavy atom. The van der Waals surface area contributed by atoms with E-state index < -0.39 is 6.10 Å². The summed E-state index contributed by atoms with van der Waals surface area (Å²) in [6.45, 7) is 3.91. The number of hydrogen-bond donors (Lipinski definition) is 3. The summed E-state index contributed by atoms with van der Waals surface area (Å²) in [5, 5.41) is 32.1. The van der Waals surface area contributed by atoms with Gasteiger partial charge in [-0.2, -0.15) is 0 Å². The number of aromatic hydroxyl groups is 2.